The van der Waals surface area contributed by atoms with Crippen LogP contribution in [-0.4, -0.2) is 47.4 Å². The number of nitrogens with one attached hydrogen (secondary N) is 2. The van der Waals surface area contributed by atoms with E-state index in [1.54, 1.807) is 13.8 Å². The van der Waals surface area contributed by atoms with Crippen molar-refractivity contribution in [3.8, 4) is 0 Å². The smallest absolute Gasteiger partial charge is 0.322 e. The van der Waals surface area contributed by atoms with Gasteiger partial charge in [-0.1, -0.05) is 13.8 Å². The first-order chi connectivity index (χ1) is 9.15. The fraction of sp³-hybridized carbons (Fsp3) is 0.636. The highest BCUT2D eigenvalue weighted by atomic mass is 16.4. The molecular weight excluding hydrogens is 268 g/mol. The van der Waals surface area contributed by atoms with Gasteiger partial charge in [0, 0.05) is 0 Å². The Bertz CT molecular complexity index is 396. The summed E-state index contributed by atoms with van der Waals surface area (Å²) in [6.45, 7) is 2.82. The van der Waals surface area contributed by atoms with Crippen molar-refractivity contribution >= 4 is 23.7 Å². The molecule has 0 aliphatic rings. The quantitative estimate of drug-likeness (QED) is 0.332. The van der Waals surface area contributed by atoms with E-state index in [1.165, 1.54) is 0 Å². The number of hydrogen-bond acceptors (Lipinski definition) is 5. The number of amides is 3. The van der Waals surface area contributed by atoms with E-state index in [0.29, 0.717) is 0 Å². The summed E-state index contributed by atoms with van der Waals surface area (Å²) in [6.07, 6.45) is -0.442. The Hall–Kier alpha value is -2.16. The summed E-state index contributed by atoms with van der Waals surface area (Å²) in [5, 5.41) is 12.8. The highest BCUT2D eigenvalue weighted by Gasteiger charge is 2.26. The predicted molar refractivity (Wildman–Crippen MR) is 69.2 cm³/mol. The molecule has 0 aliphatic carbocycles. The minimum atomic E-state index is -1.25. The number of hydrogen-bond donors (Lipinski definition) is 5. The van der Waals surface area contributed by atoms with Gasteiger partial charge in [0.05, 0.1) is 12.5 Å². The third kappa shape index (κ3) is 6.69. The Morgan fingerprint density at radius 1 is 1.15 bits per heavy atom. The second kappa shape index (κ2) is 8.10. The van der Waals surface area contributed by atoms with Gasteiger partial charge in [-0.05, 0) is 5.92 Å². The van der Waals surface area contributed by atoms with Crippen molar-refractivity contribution in [1.29, 1.82) is 0 Å². The molecule has 0 saturated carbocycles. The van der Waals surface area contributed by atoms with Gasteiger partial charge in [-0.3, -0.25) is 19.2 Å². The van der Waals surface area contributed by atoms with Crippen LogP contribution >= 0.6 is 0 Å². The van der Waals surface area contributed by atoms with Gasteiger partial charge in [-0.15, -0.1) is 0 Å². The van der Waals surface area contributed by atoms with E-state index in [1.807, 2.05) is 0 Å². The number of carbonyl (C=O) groups excluding carboxylic acids is 3. The number of nitrogens with two attached hydrogens (primary N) is 2. The number of rotatable bonds is 8. The van der Waals surface area contributed by atoms with E-state index < -0.39 is 48.7 Å². The second-order valence-corrected chi connectivity index (χ2v) is 4.61. The summed E-state index contributed by atoms with van der Waals surface area (Å²) < 4.78 is 0. The molecule has 0 aromatic rings. The first kappa shape index (κ1) is 17.8. The molecule has 0 spiro atoms. The fourth-order valence-corrected chi connectivity index (χ4v) is 1.27. The third-order valence-electron chi connectivity index (χ3n) is 2.47. The van der Waals surface area contributed by atoms with Crippen LogP contribution in [0.25, 0.3) is 0 Å². The standard InChI is InChI=1S/C11H20N4O5/c1-5(2)9(13)11(20)15-6(3-7(12)16)10(19)14-4-8(17)18/h5-6,9H,3-4,13H2,1-2H3,(H2,12,16)(H,14,19)(H,15,20)(H,17,18)/t6-,9-/m0/s1. The molecule has 7 N–H and O–H groups in total. The second-order valence-electron chi connectivity index (χ2n) is 4.61. The van der Waals surface area contributed by atoms with E-state index in [2.05, 4.69) is 10.6 Å². The molecule has 20 heavy (non-hydrogen) atoms. The summed E-state index contributed by atoms with van der Waals surface area (Å²) in [5.41, 5.74) is 10.6. The zero-order valence-electron chi connectivity index (χ0n) is 11.4. The topological polar surface area (TPSA) is 165 Å². The van der Waals surface area contributed by atoms with Crippen molar-refractivity contribution in [1.82, 2.24) is 10.6 Å². The van der Waals surface area contributed by atoms with Crippen molar-refractivity contribution < 1.29 is 24.3 Å². The molecule has 2 atom stereocenters. The summed E-state index contributed by atoms with van der Waals surface area (Å²) >= 11 is 0. The van der Waals surface area contributed by atoms with Gasteiger partial charge in [0.2, 0.25) is 17.7 Å². The van der Waals surface area contributed by atoms with Crippen LogP contribution in [0.1, 0.15) is 20.3 Å². The molecule has 9 heteroatoms. The number of carboxylic acid groups (broad SMARTS) is 1. The molecule has 0 aromatic carbocycles. The molecule has 0 rings (SSSR count). The van der Waals surface area contributed by atoms with Gasteiger partial charge >= 0.3 is 5.97 Å². The van der Waals surface area contributed by atoms with Crippen molar-refractivity contribution in [3.05, 3.63) is 0 Å². The maximum Gasteiger partial charge on any atom is 0.322 e. The molecule has 114 valence electrons. The highest BCUT2D eigenvalue weighted by Crippen LogP contribution is 2.00. The van der Waals surface area contributed by atoms with Crippen LogP contribution in [0.2, 0.25) is 0 Å². The van der Waals surface area contributed by atoms with Gasteiger partial charge in [0.1, 0.15) is 12.6 Å². The average molecular weight is 288 g/mol. The summed E-state index contributed by atoms with van der Waals surface area (Å²) in [7, 11) is 0. The van der Waals surface area contributed by atoms with Gasteiger partial charge in [0.25, 0.3) is 0 Å². The van der Waals surface area contributed by atoms with Gasteiger partial charge < -0.3 is 27.2 Å². The van der Waals surface area contributed by atoms with Crippen LogP contribution in [0.4, 0.5) is 0 Å². The molecule has 0 radical (unpaired) electrons. The van der Waals surface area contributed by atoms with Gasteiger partial charge in [0.15, 0.2) is 0 Å². The van der Waals surface area contributed by atoms with Crippen LogP contribution in [0, 0.1) is 5.92 Å². The molecule has 0 aromatic heterocycles. The molecule has 3 amide bonds. The Kier molecular flexibility index (Phi) is 7.22. The van der Waals surface area contributed by atoms with Gasteiger partial charge in [-0.2, -0.15) is 0 Å². The maximum atomic E-state index is 11.7. The molecule has 0 unspecified atom stereocenters. The summed E-state index contributed by atoms with van der Waals surface area (Å²) in [5.74, 6) is -3.64. The lowest BCUT2D eigenvalue weighted by Gasteiger charge is -2.21. The van der Waals surface area contributed by atoms with Crippen molar-refractivity contribution in [2.24, 2.45) is 17.4 Å². The predicted octanol–water partition coefficient (Wildman–Crippen LogP) is -2.47. The van der Waals surface area contributed by atoms with E-state index in [-0.39, 0.29) is 5.92 Å². The minimum absolute atomic E-state index is 0.161. The molecule has 0 heterocycles. The molecule has 0 bridgehead atoms. The first-order valence-electron chi connectivity index (χ1n) is 5.99. The lowest BCUT2D eigenvalue weighted by atomic mass is 10.0. The molecule has 0 saturated heterocycles. The van der Waals surface area contributed by atoms with Crippen molar-refractivity contribution in [3.63, 3.8) is 0 Å². The largest absolute Gasteiger partial charge is 0.480 e. The van der Waals surface area contributed by atoms with Crippen LogP contribution in [0.5, 0.6) is 0 Å². The van der Waals surface area contributed by atoms with E-state index >= 15 is 0 Å². The Morgan fingerprint density at radius 3 is 2.10 bits per heavy atom. The number of primary amides is 1. The molecule has 0 aliphatic heterocycles. The maximum absolute atomic E-state index is 11.7. The van der Waals surface area contributed by atoms with E-state index in [0.717, 1.165) is 0 Å². The zero-order valence-corrected chi connectivity index (χ0v) is 11.4. The Morgan fingerprint density at radius 2 is 1.70 bits per heavy atom. The van der Waals surface area contributed by atoms with Gasteiger partial charge in [-0.25, -0.2) is 0 Å². The highest BCUT2D eigenvalue weighted by molar-refractivity contribution is 5.94. The Balaban J connectivity index is 4.71. The SMILES string of the molecule is CC(C)[C@H](N)C(=O)N[C@@H](CC(N)=O)C(=O)NCC(=O)O. The fourth-order valence-electron chi connectivity index (χ4n) is 1.27. The van der Waals surface area contributed by atoms with Crippen LogP contribution in [0.15, 0.2) is 0 Å². The van der Waals surface area contributed by atoms with Crippen LogP contribution in [0.3, 0.4) is 0 Å². The Labute approximate surface area is 116 Å². The lowest BCUT2D eigenvalue weighted by Crippen LogP contribution is -2.54. The normalized spacial score (nSPS) is 13.4. The third-order valence-corrected chi connectivity index (χ3v) is 2.47. The van der Waals surface area contributed by atoms with Crippen LogP contribution in [-0.2, 0) is 19.2 Å². The zero-order chi connectivity index (χ0) is 15.9. The average Bonchev–Trinajstić information content (AvgIpc) is 2.33. The monoisotopic (exact) mass is 288 g/mol. The summed E-state index contributed by atoms with van der Waals surface area (Å²) in [6, 6.07) is -2.10. The van der Waals surface area contributed by atoms with Crippen molar-refractivity contribution in [2.75, 3.05) is 6.54 Å². The lowest BCUT2D eigenvalue weighted by molar-refractivity contribution is -0.138. The number of carbonyl (C=O) groups is 4. The van der Waals surface area contributed by atoms with E-state index in [9.17, 15) is 19.2 Å². The number of carboxylic acids is 1. The molecule has 0 fully saturated rings. The molecule has 9 nitrogen and oxygen atoms in total. The number of aliphatic carboxylic acids is 1. The molecular formula is C11H20N4O5. The first-order valence-corrected chi connectivity index (χ1v) is 5.99. The van der Waals surface area contributed by atoms with Crippen molar-refractivity contribution in [2.45, 2.75) is 32.4 Å². The van der Waals surface area contributed by atoms with Crippen LogP contribution < -0.4 is 22.1 Å². The summed E-state index contributed by atoms with van der Waals surface area (Å²) in [4.78, 5) is 44.6. The van der Waals surface area contributed by atoms with E-state index in [4.69, 9.17) is 16.6 Å². The minimum Gasteiger partial charge on any atom is -0.480 e.